The van der Waals surface area contributed by atoms with Crippen molar-refractivity contribution < 1.29 is 0 Å². The summed E-state index contributed by atoms with van der Waals surface area (Å²) >= 11 is 1.57. The van der Waals surface area contributed by atoms with Gasteiger partial charge in [-0.1, -0.05) is 26.8 Å². The number of fused-ring (bicyclic) bond motifs is 1. The summed E-state index contributed by atoms with van der Waals surface area (Å²) in [4.78, 5) is 0. The van der Waals surface area contributed by atoms with Crippen LogP contribution in [0.25, 0.3) is 0 Å². The van der Waals surface area contributed by atoms with E-state index < -0.39 is 11.3 Å². The van der Waals surface area contributed by atoms with E-state index in [0.29, 0.717) is 5.92 Å². The minimum absolute atomic E-state index is 0.0550. The Kier molecular flexibility index (Phi) is 4.51. The van der Waals surface area contributed by atoms with Gasteiger partial charge in [0.05, 0.1) is 29.8 Å². The van der Waals surface area contributed by atoms with E-state index in [4.69, 9.17) is 5.41 Å². The molecule has 0 aliphatic heterocycles. The molecule has 1 heterocycles. The van der Waals surface area contributed by atoms with Gasteiger partial charge in [-0.05, 0) is 58.1 Å². The Labute approximate surface area is 158 Å². The summed E-state index contributed by atoms with van der Waals surface area (Å²) in [6.45, 7) is 6.64. The molecule has 4 nitrogen and oxygen atoms in total. The van der Waals surface area contributed by atoms with Gasteiger partial charge in [0.2, 0.25) is 5.41 Å². The zero-order chi connectivity index (χ0) is 19.1. The van der Waals surface area contributed by atoms with Gasteiger partial charge in [-0.15, -0.1) is 0 Å². The lowest BCUT2D eigenvalue weighted by molar-refractivity contribution is 0.171. The molecule has 1 aromatic heterocycles. The summed E-state index contributed by atoms with van der Waals surface area (Å²) in [6, 6.07) is 8.46. The Hall–Kier alpha value is -2.42. The van der Waals surface area contributed by atoms with Crippen LogP contribution in [0.3, 0.4) is 0 Å². The maximum absolute atomic E-state index is 9.85. The van der Waals surface area contributed by atoms with Crippen LogP contribution < -0.4 is 0 Å². The number of nitrogens with zero attached hydrogens (tertiary/aromatic N) is 3. The standard InChI is InChI=1S/C21H22N4S/c1-20(2,3)14-4-5-17-15(8-14)18(13-6-7-26-10-13)16(9-22)19(25)21(17,11-23)12-24/h5-7,10,14-16,18,25H,4,8H2,1-3H3/t14-,15-,16-,18+/m0/s1. The topological polar surface area (TPSA) is 95.2 Å². The van der Waals surface area contributed by atoms with Crippen molar-refractivity contribution in [1.29, 1.82) is 21.2 Å². The highest BCUT2D eigenvalue weighted by molar-refractivity contribution is 7.08. The second kappa shape index (κ2) is 6.39. The van der Waals surface area contributed by atoms with Gasteiger partial charge in [-0.2, -0.15) is 27.1 Å². The molecule has 0 radical (unpaired) electrons. The lowest BCUT2D eigenvalue weighted by Crippen LogP contribution is -2.49. The van der Waals surface area contributed by atoms with E-state index in [1.165, 1.54) is 0 Å². The minimum Gasteiger partial charge on any atom is -0.305 e. The minimum atomic E-state index is -1.60. The highest BCUT2D eigenvalue weighted by atomic mass is 32.1. The molecule has 1 saturated carbocycles. The van der Waals surface area contributed by atoms with Gasteiger partial charge in [0.25, 0.3) is 0 Å². The second-order valence-electron chi connectivity index (χ2n) is 8.38. The summed E-state index contributed by atoms with van der Waals surface area (Å²) in [6.07, 6.45) is 3.67. The van der Waals surface area contributed by atoms with Gasteiger partial charge in [0.1, 0.15) is 0 Å². The number of nitriles is 3. The molecule has 0 amide bonds. The van der Waals surface area contributed by atoms with Crippen LogP contribution in [0.15, 0.2) is 28.5 Å². The normalized spacial score (nSPS) is 30.3. The van der Waals surface area contributed by atoms with E-state index in [0.717, 1.165) is 24.0 Å². The number of nitrogens with one attached hydrogen (secondary N) is 1. The Morgan fingerprint density at radius 2 is 1.92 bits per heavy atom. The second-order valence-corrected chi connectivity index (χ2v) is 9.16. The number of allylic oxidation sites excluding steroid dienone is 2. The maximum atomic E-state index is 9.85. The average molecular weight is 363 g/mol. The fourth-order valence-corrected chi connectivity index (χ4v) is 5.25. The van der Waals surface area contributed by atoms with E-state index in [2.05, 4.69) is 39.0 Å². The molecule has 26 heavy (non-hydrogen) atoms. The van der Waals surface area contributed by atoms with E-state index in [1.807, 2.05) is 22.9 Å². The number of rotatable bonds is 1. The highest BCUT2D eigenvalue weighted by Crippen LogP contribution is 2.56. The fourth-order valence-electron chi connectivity index (χ4n) is 4.54. The Balaban J connectivity index is 2.21. The lowest BCUT2D eigenvalue weighted by atomic mass is 9.52. The quantitative estimate of drug-likeness (QED) is 0.709. The van der Waals surface area contributed by atoms with Crippen LogP contribution in [-0.2, 0) is 0 Å². The first-order valence-electron chi connectivity index (χ1n) is 8.83. The van der Waals surface area contributed by atoms with Crippen molar-refractivity contribution in [3.63, 3.8) is 0 Å². The first kappa shape index (κ1) is 18.4. The predicted molar refractivity (Wildman–Crippen MR) is 101 cm³/mol. The number of hydrogen-bond donors (Lipinski definition) is 1. The van der Waals surface area contributed by atoms with Crippen molar-refractivity contribution in [2.24, 2.45) is 28.6 Å². The van der Waals surface area contributed by atoms with Crippen LogP contribution >= 0.6 is 11.3 Å². The molecule has 0 unspecified atom stereocenters. The molecule has 1 N–H and O–H groups in total. The molecule has 0 aromatic carbocycles. The molecule has 2 aliphatic rings. The molecule has 0 spiro atoms. The predicted octanol–water partition coefficient (Wildman–Crippen LogP) is 5.04. The Bertz CT molecular complexity index is 853. The fraction of sp³-hybridized carbons (Fsp3) is 0.524. The zero-order valence-electron chi connectivity index (χ0n) is 15.3. The maximum Gasteiger partial charge on any atom is 0.203 e. The molecular weight excluding hydrogens is 340 g/mol. The molecule has 0 saturated heterocycles. The summed E-state index contributed by atoms with van der Waals surface area (Å²) in [5.74, 6) is -0.547. The molecular formula is C21H22N4S. The SMILES string of the molecule is CC(C)(C)[C@H]1CC=C2[C@H](C1)[C@@H](c1ccsc1)[C@H](C#N)C(=N)C2(C#N)C#N. The van der Waals surface area contributed by atoms with Crippen LogP contribution in [0.4, 0.5) is 0 Å². The monoisotopic (exact) mass is 362 g/mol. The first-order valence-corrected chi connectivity index (χ1v) is 9.78. The van der Waals surface area contributed by atoms with Gasteiger partial charge in [0.15, 0.2) is 0 Å². The molecule has 0 bridgehead atoms. The van der Waals surface area contributed by atoms with Crippen molar-refractivity contribution in [2.45, 2.75) is 39.5 Å². The van der Waals surface area contributed by atoms with E-state index in [9.17, 15) is 15.8 Å². The summed E-state index contributed by atoms with van der Waals surface area (Å²) in [5, 5.41) is 42.1. The van der Waals surface area contributed by atoms with Gasteiger partial charge < -0.3 is 5.41 Å². The molecule has 5 heteroatoms. The molecule has 2 aliphatic carbocycles. The lowest BCUT2D eigenvalue weighted by Gasteiger charge is -2.48. The van der Waals surface area contributed by atoms with Crippen molar-refractivity contribution in [3.05, 3.63) is 34.0 Å². The van der Waals surface area contributed by atoms with Crippen LogP contribution in [0.1, 0.15) is 45.1 Å². The smallest absolute Gasteiger partial charge is 0.203 e. The number of hydrogen-bond acceptors (Lipinski definition) is 5. The molecule has 4 atom stereocenters. The van der Waals surface area contributed by atoms with Crippen molar-refractivity contribution in [2.75, 3.05) is 0 Å². The van der Waals surface area contributed by atoms with E-state index in [1.54, 1.807) is 11.3 Å². The van der Waals surface area contributed by atoms with Gasteiger partial charge in [-0.3, -0.25) is 0 Å². The third-order valence-electron chi connectivity index (χ3n) is 6.13. The first-order chi connectivity index (χ1) is 12.3. The molecule has 1 aromatic rings. The van der Waals surface area contributed by atoms with Gasteiger partial charge in [-0.25, -0.2) is 0 Å². The third kappa shape index (κ3) is 2.57. The summed E-state index contributed by atoms with van der Waals surface area (Å²) in [5.41, 5.74) is 0.242. The van der Waals surface area contributed by atoms with E-state index in [-0.39, 0.29) is 23.0 Å². The average Bonchev–Trinajstić information content (AvgIpc) is 3.14. The van der Waals surface area contributed by atoms with Crippen LogP contribution in [-0.4, -0.2) is 5.71 Å². The molecule has 3 rings (SSSR count). The molecule has 1 fully saturated rings. The van der Waals surface area contributed by atoms with Crippen molar-refractivity contribution in [3.8, 4) is 18.2 Å². The van der Waals surface area contributed by atoms with Crippen molar-refractivity contribution in [1.82, 2.24) is 0 Å². The Morgan fingerprint density at radius 3 is 2.42 bits per heavy atom. The van der Waals surface area contributed by atoms with Crippen molar-refractivity contribution >= 4 is 17.0 Å². The van der Waals surface area contributed by atoms with Crippen LogP contribution in [0.5, 0.6) is 0 Å². The van der Waals surface area contributed by atoms with Crippen LogP contribution in [0, 0.1) is 68.0 Å². The summed E-state index contributed by atoms with van der Waals surface area (Å²) in [7, 11) is 0. The summed E-state index contributed by atoms with van der Waals surface area (Å²) < 4.78 is 0. The highest BCUT2D eigenvalue weighted by Gasteiger charge is 2.57. The van der Waals surface area contributed by atoms with Gasteiger partial charge >= 0.3 is 0 Å². The van der Waals surface area contributed by atoms with Gasteiger partial charge in [0, 0.05) is 5.92 Å². The Morgan fingerprint density at radius 1 is 1.23 bits per heavy atom. The van der Waals surface area contributed by atoms with Crippen LogP contribution in [0.2, 0.25) is 0 Å². The molecule has 132 valence electrons. The zero-order valence-corrected chi connectivity index (χ0v) is 16.1. The number of thiophene rings is 1. The largest absolute Gasteiger partial charge is 0.305 e. The van der Waals surface area contributed by atoms with E-state index >= 15 is 0 Å². The third-order valence-corrected chi connectivity index (χ3v) is 6.83.